The lowest BCUT2D eigenvalue weighted by Crippen LogP contribution is -2.07. The van der Waals surface area contributed by atoms with E-state index in [0.29, 0.717) is 29.2 Å². The molecule has 0 radical (unpaired) electrons. The fourth-order valence-electron chi connectivity index (χ4n) is 1.45. The van der Waals surface area contributed by atoms with Crippen molar-refractivity contribution in [3.05, 3.63) is 40.7 Å². The van der Waals surface area contributed by atoms with E-state index in [0.717, 1.165) is 0 Å². The first-order chi connectivity index (χ1) is 8.56. The first-order valence-electron chi connectivity index (χ1n) is 5.54. The standard InChI is InChI=1S/C13H15ClFNO2/c1-3-9(13(17)18-2)4-5-16-12-7-10(14)6-11(15)8-12/h4,6-8,16H,3,5H2,1-2H3/b9-4-. The number of methoxy groups -OCH3 is 1. The molecule has 0 bridgehead atoms. The van der Waals surface area contributed by atoms with Crippen LogP contribution in [0.15, 0.2) is 29.8 Å². The van der Waals surface area contributed by atoms with Crippen molar-refractivity contribution in [2.75, 3.05) is 19.0 Å². The van der Waals surface area contributed by atoms with Crippen molar-refractivity contribution in [2.24, 2.45) is 0 Å². The van der Waals surface area contributed by atoms with Crippen LogP contribution in [0.5, 0.6) is 0 Å². The van der Waals surface area contributed by atoms with Gasteiger partial charge >= 0.3 is 5.97 Å². The Balaban J connectivity index is 2.64. The van der Waals surface area contributed by atoms with E-state index >= 15 is 0 Å². The van der Waals surface area contributed by atoms with Crippen LogP contribution in [-0.2, 0) is 9.53 Å². The highest BCUT2D eigenvalue weighted by Gasteiger charge is 2.05. The zero-order valence-corrected chi connectivity index (χ0v) is 11.1. The summed E-state index contributed by atoms with van der Waals surface area (Å²) < 4.78 is 17.7. The molecule has 0 heterocycles. The van der Waals surface area contributed by atoms with Gasteiger partial charge in [0, 0.05) is 22.8 Å². The molecule has 0 spiro atoms. The van der Waals surface area contributed by atoms with Crippen molar-refractivity contribution in [3.8, 4) is 0 Å². The number of carbonyl (C=O) groups excluding carboxylic acids is 1. The minimum atomic E-state index is -0.405. The third-order valence-electron chi connectivity index (χ3n) is 2.35. The molecule has 1 N–H and O–H groups in total. The number of esters is 1. The monoisotopic (exact) mass is 271 g/mol. The lowest BCUT2D eigenvalue weighted by molar-refractivity contribution is -0.136. The molecule has 3 nitrogen and oxygen atoms in total. The number of rotatable bonds is 5. The van der Waals surface area contributed by atoms with Crippen molar-refractivity contribution in [2.45, 2.75) is 13.3 Å². The lowest BCUT2D eigenvalue weighted by atomic mass is 10.2. The van der Waals surface area contributed by atoms with Crippen molar-refractivity contribution in [1.82, 2.24) is 0 Å². The van der Waals surface area contributed by atoms with Gasteiger partial charge in [-0.05, 0) is 24.6 Å². The molecule has 0 amide bonds. The summed E-state index contributed by atoms with van der Waals surface area (Å²) in [5, 5.41) is 3.29. The van der Waals surface area contributed by atoms with Gasteiger partial charge in [0.15, 0.2) is 0 Å². The van der Waals surface area contributed by atoms with Crippen LogP contribution in [-0.4, -0.2) is 19.6 Å². The van der Waals surface area contributed by atoms with Gasteiger partial charge in [-0.2, -0.15) is 0 Å². The Hall–Kier alpha value is -1.55. The molecule has 98 valence electrons. The fraction of sp³-hybridized carbons (Fsp3) is 0.308. The van der Waals surface area contributed by atoms with E-state index in [9.17, 15) is 9.18 Å². The molecule has 0 aliphatic rings. The molecule has 0 atom stereocenters. The SMILES string of the molecule is CC/C(=C/CNc1cc(F)cc(Cl)c1)C(=O)OC. The predicted molar refractivity (Wildman–Crippen MR) is 70.3 cm³/mol. The van der Waals surface area contributed by atoms with Crippen LogP contribution >= 0.6 is 11.6 Å². The van der Waals surface area contributed by atoms with E-state index in [1.54, 1.807) is 12.1 Å². The first-order valence-corrected chi connectivity index (χ1v) is 5.92. The molecule has 0 unspecified atom stereocenters. The summed E-state index contributed by atoms with van der Waals surface area (Å²) in [6.45, 7) is 2.26. The molecule has 0 saturated heterocycles. The molecule has 0 fully saturated rings. The quantitative estimate of drug-likeness (QED) is 0.659. The molecular weight excluding hydrogens is 257 g/mol. The van der Waals surface area contributed by atoms with Crippen molar-refractivity contribution < 1.29 is 13.9 Å². The van der Waals surface area contributed by atoms with Crippen molar-refractivity contribution in [3.63, 3.8) is 0 Å². The molecule has 0 aliphatic carbocycles. The molecule has 18 heavy (non-hydrogen) atoms. The Bertz CT molecular complexity index is 440. The number of nitrogens with one attached hydrogen (secondary N) is 1. The third-order valence-corrected chi connectivity index (χ3v) is 2.56. The maximum atomic E-state index is 13.0. The van der Waals surface area contributed by atoms with E-state index in [1.165, 1.54) is 19.2 Å². The Morgan fingerprint density at radius 2 is 2.22 bits per heavy atom. The highest BCUT2D eigenvalue weighted by Crippen LogP contribution is 2.17. The van der Waals surface area contributed by atoms with E-state index in [2.05, 4.69) is 10.1 Å². The Morgan fingerprint density at radius 1 is 1.50 bits per heavy atom. The maximum Gasteiger partial charge on any atom is 0.333 e. The second-order valence-corrected chi connectivity index (χ2v) is 4.05. The first kappa shape index (κ1) is 14.5. The van der Waals surface area contributed by atoms with Gasteiger partial charge in [-0.1, -0.05) is 24.6 Å². The summed E-state index contributed by atoms with van der Waals surface area (Å²) in [6.07, 6.45) is 2.29. The van der Waals surface area contributed by atoms with E-state index in [-0.39, 0.29) is 5.97 Å². The molecule has 1 rings (SSSR count). The Morgan fingerprint density at radius 3 is 2.78 bits per heavy atom. The van der Waals surface area contributed by atoms with Crippen LogP contribution in [0.1, 0.15) is 13.3 Å². The van der Waals surface area contributed by atoms with Gasteiger partial charge < -0.3 is 10.1 Å². The number of hydrogen-bond donors (Lipinski definition) is 1. The maximum absolute atomic E-state index is 13.0. The van der Waals surface area contributed by atoms with E-state index < -0.39 is 5.82 Å². The summed E-state index contributed by atoms with van der Waals surface area (Å²) in [7, 11) is 1.34. The summed E-state index contributed by atoms with van der Waals surface area (Å²) in [5.74, 6) is -0.755. The zero-order valence-electron chi connectivity index (χ0n) is 10.3. The fourth-order valence-corrected chi connectivity index (χ4v) is 1.67. The molecule has 0 saturated carbocycles. The highest BCUT2D eigenvalue weighted by atomic mass is 35.5. The number of hydrogen-bond acceptors (Lipinski definition) is 3. The summed E-state index contributed by atoms with van der Waals surface area (Å²) in [5.41, 5.74) is 1.14. The molecule has 1 aromatic rings. The second kappa shape index (κ2) is 7.01. The van der Waals surface area contributed by atoms with Gasteiger partial charge in [-0.25, -0.2) is 9.18 Å². The number of halogens is 2. The average Bonchev–Trinajstić information content (AvgIpc) is 2.32. The minimum absolute atomic E-state index is 0.324. The van der Waals surface area contributed by atoms with Crippen LogP contribution < -0.4 is 5.32 Å². The van der Waals surface area contributed by atoms with Crippen LogP contribution in [0.3, 0.4) is 0 Å². The van der Waals surface area contributed by atoms with Gasteiger partial charge in [0.2, 0.25) is 0 Å². The summed E-state index contributed by atoms with van der Waals surface area (Å²) in [4.78, 5) is 11.3. The van der Waals surface area contributed by atoms with Crippen LogP contribution in [0.2, 0.25) is 5.02 Å². The number of anilines is 1. The van der Waals surface area contributed by atoms with Gasteiger partial charge in [-0.3, -0.25) is 0 Å². The molecule has 0 aliphatic heterocycles. The average molecular weight is 272 g/mol. The normalized spacial score (nSPS) is 11.2. The van der Waals surface area contributed by atoms with E-state index in [1.807, 2.05) is 6.92 Å². The third kappa shape index (κ3) is 4.37. The van der Waals surface area contributed by atoms with Crippen molar-refractivity contribution >= 4 is 23.3 Å². The number of benzene rings is 1. The topological polar surface area (TPSA) is 38.3 Å². The van der Waals surface area contributed by atoms with Gasteiger partial charge in [0.1, 0.15) is 5.82 Å². The predicted octanol–water partition coefficient (Wildman–Crippen LogP) is 3.40. The van der Waals surface area contributed by atoms with Crippen LogP contribution in [0.4, 0.5) is 10.1 Å². The van der Waals surface area contributed by atoms with Gasteiger partial charge in [-0.15, -0.1) is 0 Å². The summed E-state index contributed by atoms with van der Waals surface area (Å²) >= 11 is 5.72. The lowest BCUT2D eigenvalue weighted by Gasteiger charge is -2.06. The largest absolute Gasteiger partial charge is 0.466 e. The summed E-state index contributed by atoms with van der Waals surface area (Å²) in [6, 6.07) is 4.18. The smallest absolute Gasteiger partial charge is 0.333 e. The van der Waals surface area contributed by atoms with Crippen LogP contribution in [0.25, 0.3) is 0 Å². The Kier molecular flexibility index (Phi) is 5.65. The van der Waals surface area contributed by atoms with E-state index in [4.69, 9.17) is 11.6 Å². The zero-order chi connectivity index (χ0) is 13.5. The van der Waals surface area contributed by atoms with Gasteiger partial charge in [0.05, 0.1) is 7.11 Å². The molecular formula is C13H15ClFNO2. The molecule has 1 aromatic carbocycles. The van der Waals surface area contributed by atoms with Crippen molar-refractivity contribution in [1.29, 1.82) is 0 Å². The second-order valence-electron chi connectivity index (χ2n) is 3.61. The minimum Gasteiger partial charge on any atom is -0.466 e. The van der Waals surface area contributed by atoms with Crippen LogP contribution in [0, 0.1) is 5.82 Å². The number of carbonyl (C=O) groups is 1. The Labute approximate surface area is 111 Å². The highest BCUT2D eigenvalue weighted by molar-refractivity contribution is 6.30. The molecule has 5 heteroatoms. The number of ether oxygens (including phenoxy) is 1. The molecule has 0 aromatic heterocycles. The van der Waals surface area contributed by atoms with Gasteiger partial charge in [0.25, 0.3) is 0 Å².